The van der Waals surface area contributed by atoms with Gasteiger partial charge >= 0.3 is 11.9 Å². The van der Waals surface area contributed by atoms with E-state index < -0.39 is 78.5 Å². The van der Waals surface area contributed by atoms with Gasteiger partial charge in [0.15, 0.2) is 0 Å². The van der Waals surface area contributed by atoms with Crippen molar-refractivity contribution in [2.24, 2.45) is 22.9 Å². The summed E-state index contributed by atoms with van der Waals surface area (Å²) in [5, 5.41) is 24.8. The predicted octanol–water partition coefficient (Wildman–Crippen LogP) is -4.40. The topological polar surface area (TPSA) is 300 Å². The first-order valence-corrected chi connectivity index (χ1v) is 10.7. The van der Waals surface area contributed by atoms with Crippen LogP contribution in [0.4, 0.5) is 0 Å². The van der Waals surface area contributed by atoms with Gasteiger partial charge < -0.3 is 49.1 Å². The molecule has 0 aromatic heterocycles. The van der Waals surface area contributed by atoms with Crippen LogP contribution in [0.25, 0.3) is 0 Å². The molecule has 0 aromatic rings. The van der Waals surface area contributed by atoms with Gasteiger partial charge in [0.25, 0.3) is 0 Å². The lowest BCUT2D eigenvalue weighted by Crippen LogP contribution is -2.57. The van der Waals surface area contributed by atoms with Crippen LogP contribution in [0.1, 0.15) is 44.9 Å². The van der Waals surface area contributed by atoms with Crippen LogP contribution in [0.15, 0.2) is 0 Å². The highest BCUT2D eigenvalue weighted by atomic mass is 16.4. The number of aliphatic carboxylic acids is 2. The van der Waals surface area contributed by atoms with Crippen LogP contribution in [0.5, 0.6) is 0 Å². The normalized spacial score (nSPS) is 14.0. The third-order valence-electron chi connectivity index (χ3n) is 4.65. The molecule has 13 N–H and O–H groups in total. The molecular formula is C19H33N7O9. The van der Waals surface area contributed by atoms with Crippen LogP contribution >= 0.6 is 0 Å². The molecule has 5 amide bonds. The molecular weight excluding hydrogens is 470 g/mol. The number of carbonyl (C=O) groups excluding carboxylic acids is 5. The largest absolute Gasteiger partial charge is 0.481 e. The van der Waals surface area contributed by atoms with E-state index >= 15 is 0 Å². The Morgan fingerprint density at radius 2 is 1.23 bits per heavy atom. The van der Waals surface area contributed by atoms with Gasteiger partial charge in [-0.05, 0) is 32.2 Å². The minimum atomic E-state index is -1.66. The summed E-state index contributed by atoms with van der Waals surface area (Å²) in [6.45, 7) is 0.266. The maximum absolute atomic E-state index is 12.7. The van der Waals surface area contributed by atoms with E-state index in [4.69, 9.17) is 28.0 Å². The fraction of sp³-hybridized carbons (Fsp3) is 0.632. The number of amides is 5. The van der Waals surface area contributed by atoms with Crippen molar-refractivity contribution in [3.8, 4) is 0 Å². The van der Waals surface area contributed by atoms with Gasteiger partial charge in [-0.1, -0.05) is 0 Å². The number of carboxylic acids is 2. The Balaban J connectivity index is 5.53. The van der Waals surface area contributed by atoms with Gasteiger partial charge in [0, 0.05) is 6.42 Å². The van der Waals surface area contributed by atoms with Crippen LogP contribution in [0.3, 0.4) is 0 Å². The van der Waals surface area contributed by atoms with Crippen LogP contribution < -0.4 is 38.9 Å². The summed E-state index contributed by atoms with van der Waals surface area (Å²) in [7, 11) is 0. The summed E-state index contributed by atoms with van der Waals surface area (Å²) in [4.78, 5) is 82.1. The van der Waals surface area contributed by atoms with Gasteiger partial charge in [-0.3, -0.25) is 28.8 Å². The molecule has 0 aliphatic rings. The average Bonchev–Trinajstić information content (AvgIpc) is 2.74. The van der Waals surface area contributed by atoms with Crippen LogP contribution in [0, 0.1) is 0 Å². The lowest BCUT2D eigenvalue weighted by Gasteiger charge is -2.24. The van der Waals surface area contributed by atoms with E-state index in [0.717, 1.165) is 0 Å². The lowest BCUT2D eigenvalue weighted by atomic mass is 10.1. The average molecular weight is 504 g/mol. The zero-order valence-electron chi connectivity index (χ0n) is 19.0. The number of unbranched alkanes of at least 4 members (excludes halogenated alkanes) is 1. The second kappa shape index (κ2) is 15.9. The number of hydrogen-bond acceptors (Lipinski definition) is 9. The molecule has 0 saturated heterocycles. The van der Waals surface area contributed by atoms with E-state index in [0.29, 0.717) is 12.8 Å². The second-order valence-corrected chi connectivity index (χ2v) is 7.69. The van der Waals surface area contributed by atoms with Gasteiger partial charge in [0.1, 0.15) is 18.1 Å². The number of nitrogens with two attached hydrogens (primary N) is 4. The summed E-state index contributed by atoms with van der Waals surface area (Å²) >= 11 is 0. The number of carbonyl (C=O) groups is 7. The van der Waals surface area contributed by atoms with E-state index in [1.54, 1.807) is 0 Å². The fourth-order valence-corrected chi connectivity index (χ4v) is 2.80. The van der Waals surface area contributed by atoms with Crippen molar-refractivity contribution >= 4 is 41.5 Å². The molecule has 0 aliphatic carbocycles. The summed E-state index contributed by atoms with van der Waals surface area (Å²) < 4.78 is 0. The molecule has 0 bridgehead atoms. The number of hydrogen-bond donors (Lipinski definition) is 9. The minimum absolute atomic E-state index is 0.0104. The third-order valence-corrected chi connectivity index (χ3v) is 4.65. The molecule has 0 radical (unpaired) electrons. The number of carboxylic acid groups (broad SMARTS) is 2. The van der Waals surface area contributed by atoms with Gasteiger partial charge in [-0.15, -0.1) is 0 Å². The zero-order valence-corrected chi connectivity index (χ0v) is 19.0. The smallest absolute Gasteiger partial charge is 0.326 e. The van der Waals surface area contributed by atoms with E-state index in [1.807, 2.05) is 0 Å². The first-order valence-electron chi connectivity index (χ1n) is 10.7. The number of primary amides is 2. The summed E-state index contributed by atoms with van der Waals surface area (Å²) in [6, 6.07) is -5.92. The Morgan fingerprint density at radius 3 is 1.71 bits per heavy atom. The van der Waals surface area contributed by atoms with Crippen molar-refractivity contribution in [1.29, 1.82) is 0 Å². The molecule has 0 spiro atoms. The first kappa shape index (κ1) is 31.2. The Hall–Kier alpha value is -3.79. The predicted molar refractivity (Wildman–Crippen MR) is 119 cm³/mol. The highest BCUT2D eigenvalue weighted by Gasteiger charge is 2.31. The number of nitrogens with one attached hydrogen (secondary N) is 3. The molecule has 16 heteroatoms. The Kier molecular flexibility index (Phi) is 14.2. The monoisotopic (exact) mass is 503 g/mol. The molecule has 4 atom stereocenters. The van der Waals surface area contributed by atoms with Crippen molar-refractivity contribution < 1.29 is 43.8 Å². The molecule has 16 nitrogen and oxygen atoms in total. The van der Waals surface area contributed by atoms with Gasteiger partial charge in [0.05, 0.1) is 18.9 Å². The SMILES string of the molecule is NCCCCC(NC(=O)C(CC(=O)O)NC(=O)C(N)CCC(N)=O)C(=O)NC(CC(N)=O)C(=O)O. The molecule has 0 heterocycles. The summed E-state index contributed by atoms with van der Waals surface area (Å²) in [5.74, 6) is -7.64. The van der Waals surface area contributed by atoms with E-state index in [-0.39, 0.29) is 25.8 Å². The van der Waals surface area contributed by atoms with Crippen molar-refractivity contribution in [1.82, 2.24) is 16.0 Å². The maximum Gasteiger partial charge on any atom is 0.326 e. The van der Waals surface area contributed by atoms with Crippen molar-refractivity contribution in [2.75, 3.05) is 6.54 Å². The standard InChI is InChI=1S/C19H33N7O9/c20-6-2-1-3-10(17(32)26-12(19(34)35)7-14(23)28)24-18(33)11(8-15(29)30)25-16(31)9(21)4-5-13(22)27/h9-12H,1-8,20-21H2,(H2,22,27)(H2,23,28)(H,24,33)(H,25,31)(H,26,32)(H,29,30)(H,34,35). The highest BCUT2D eigenvalue weighted by molar-refractivity contribution is 5.96. The second-order valence-electron chi connectivity index (χ2n) is 7.69. The van der Waals surface area contributed by atoms with Crippen LogP contribution in [-0.4, -0.2) is 82.4 Å². The molecule has 4 unspecified atom stereocenters. The first-order chi connectivity index (χ1) is 16.3. The van der Waals surface area contributed by atoms with E-state index in [2.05, 4.69) is 16.0 Å². The lowest BCUT2D eigenvalue weighted by molar-refractivity contribution is -0.144. The van der Waals surface area contributed by atoms with Crippen molar-refractivity contribution in [3.63, 3.8) is 0 Å². The maximum atomic E-state index is 12.7. The van der Waals surface area contributed by atoms with Gasteiger partial charge in [0.2, 0.25) is 29.5 Å². The molecule has 0 saturated carbocycles. The molecule has 198 valence electrons. The third kappa shape index (κ3) is 13.5. The Labute approximate surface area is 200 Å². The van der Waals surface area contributed by atoms with Gasteiger partial charge in [-0.25, -0.2) is 4.79 Å². The Bertz CT molecular complexity index is 806. The summed E-state index contributed by atoms with van der Waals surface area (Å²) in [6.07, 6.45) is -1.16. The van der Waals surface area contributed by atoms with Crippen LogP contribution in [0.2, 0.25) is 0 Å². The van der Waals surface area contributed by atoms with E-state index in [9.17, 15) is 38.7 Å². The molecule has 35 heavy (non-hydrogen) atoms. The number of rotatable bonds is 18. The van der Waals surface area contributed by atoms with Crippen molar-refractivity contribution in [2.45, 2.75) is 69.1 Å². The Morgan fingerprint density at radius 1 is 0.686 bits per heavy atom. The van der Waals surface area contributed by atoms with Crippen molar-refractivity contribution in [3.05, 3.63) is 0 Å². The minimum Gasteiger partial charge on any atom is -0.481 e. The van der Waals surface area contributed by atoms with Crippen LogP contribution in [-0.2, 0) is 33.6 Å². The summed E-state index contributed by atoms with van der Waals surface area (Å²) in [5.41, 5.74) is 21.0. The quantitative estimate of drug-likeness (QED) is 0.0804. The fourth-order valence-electron chi connectivity index (χ4n) is 2.80. The molecule has 0 aliphatic heterocycles. The zero-order chi connectivity index (χ0) is 27.1. The molecule has 0 fully saturated rings. The molecule has 0 rings (SSSR count). The van der Waals surface area contributed by atoms with E-state index in [1.165, 1.54) is 0 Å². The van der Waals surface area contributed by atoms with Gasteiger partial charge in [-0.2, -0.15) is 0 Å². The highest BCUT2D eigenvalue weighted by Crippen LogP contribution is 2.05. The molecule has 0 aromatic carbocycles.